The molecular formula is C18H16N4O2S2. The number of benzene rings is 1. The Morgan fingerprint density at radius 2 is 2.31 bits per heavy atom. The molecule has 0 saturated heterocycles. The van der Waals surface area contributed by atoms with Crippen LogP contribution in [0.4, 0.5) is 5.13 Å². The highest BCUT2D eigenvalue weighted by molar-refractivity contribution is 7.71. The van der Waals surface area contributed by atoms with E-state index in [9.17, 15) is 9.59 Å². The number of carbonyl (C=O) groups is 1. The Morgan fingerprint density at radius 1 is 1.46 bits per heavy atom. The summed E-state index contributed by atoms with van der Waals surface area (Å²) in [6.45, 7) is 3.97. The second-order valence-corrected chi connectivity index (χ2v) is 7.56. The molecule has 0 bridgehead atoms. The summed E-state index contributed by atoms with van der Waals surface area (Å²) in [4.78, 5) is 33.8. The van der Waals surface area contributed by atoms with Gasteiger partial charge in [-0.3, -0.25) is 19.5 Å². The van der Waals surface area contributed by atoms with Crippen LogP contribution in [0.1, 0.15) is 27.3 Å². The second-order valence-electron chi connectivity index (χ2n) is 6.09. The zero-order valence-corrected chi connectivity index (χ0v) is 15.5. The quantitative estimate of drug-likeness (QED) is 0.533. The molecule has 0 unspecified atom stereocenters. The molecule has 3 aromatic rings. The number of nitrogens with one attached hydrogen (secondary N) is 2. The van der Waals surface area contributed by atoms with E-state index in [1.54, 1.807) is 24.3 Å². The smallest absolute Gasteiger partial charge is 0.262 e. The normalized spacial score (nSPS) is 12.9. The van der Waals surface area contributed by atoms with Gasteiger partial charge in [-0.05, 0) is 49.7 Å². The van der Waals surface area contributed by atoms with Crippen molar-refractivity contribution in [3.05, 3.63) is 62.1 Å². The number of allylic oxidation sites excluding steroid dienone is 1. The highest BCUT2D eigenvalue weighted by Gasteiger charge is 2.18. The van der Waals surface area contributed by atoms with Gasteiger partial charge in [0.25, 0.3) is 11.5 Å². The summed E-state index contributed by atoms with van der Waals surface area (Å²) in [5.74, 6) is -0.256. The molecule has 26 heavy (non-hydrogen) atoms. The third-order valence-electron chi connectivity index (χ3n) is 4.37. The molecule has 0 aliphatic heterocycles. The first-order chi connectivity index (χ1) is 12.6. The molecule has 2 N–H and O–H groups in total. The molecule has 2 heterocycles. The average Bonchev–Trinajstić information content (AvgIpc) is 3.19. The van der Waals surface area contributed by atoms with Crippen molar-refractivity contribution in [2.75, 3.05) is 5.32 Å². The molecule has 0 radical (unpaired) electrons. The topological polar surface area (TPSA) is 79.8 Å². The van der Waals surface area contributed by atoms with Gasteiger partial charge in [0.05, 0.1) is 16.6 Å². The van der Waals surface area contributed by atoms with Gasteiger partial charge in [0.1, 0.15) is 0 Å². The Morgan fingerprint density at radius 3 is 3.08 bits per heavy atom. The van der Waals surface area contributed by atoms with E-state index in [0.29, 0.717) is 32.9 Å². The third kappa shape index (κ3) is 2.91. The number of hydrogen-bond donors (Lipinski definition) is 2. The minimum atomic E-state index is -0.256. The molecule has 132 valence electrons. The van der Waals surface area contributed by atoms with Gasteiger partial charge in [-0.1, -0.05) is 6.08 Å². The van der Waals surface area contributed by atoms with Crippen LogP contribution in [0.25, 0.3) is 10.9 Å². The average molecular weight is 384 g/mol. The number of amides is 1. The summed E-state index contributed by atoms with van der Waals surface area (Å²) >= 11 is 6.76. The third-order valence-corrected chi connectivity index (χ3v) is 5.77. The van der Waals surface area contributed by atoms with Crippen LogP contribution in [0.2, 0.25) is 0 Å². The Balaban J connectivity index is 1.67. The number of rotatable bonds is 4. The van der Waals surface area contributed by atoms with Crippen molar-refractivity contribution in [1.29, 1.82) is 0 Å². The van der Waals surface area contributed by atoms with E-state index >= 15 is 0 Å². The Bertz CT molecular complexity index is 1130. The number of hydrogen-bond acceptors (Lipinski definition) is 5. The Labute approximate surface area is 158 Å². The molecule has 1 amide bonds. The SMILES string of the molecule is C=CCn1c(=S)[nH]c2cc(C(=O)Nc3nc4c(s3)CCC4)ccc2c1=O. The van der Waals surface area contributed by atoms with Gasteiger partial charge in [0.15, 0.2) is 9.90 Å². The number of aryl methyl sites for hydroxylation is 2. The second kappa shape index (κ2) is 6.62. The first kappa shape index (κ1) is 16.9. The fourth-order valence-corrected chi connectivity index (χ4v) is 4.42. The number of anilines is 1. The fourth-order valence-electron chi connectivity index (χ4n) is 3.10. The van der Waals surface area contributed by atoms with Crippen molar-refractivity contribution < 1.29 is 4.79 Å². The Hall–Kier alpha value is -2.58. The maximum Gasteiger partial charge on any atom is 0.262 e. The number of aromatic nitrogens is 3. The summed E-state index contributed by atoms with van der Waals surface area (Å²) in [5, 5.41) is 3.94. The number of fused-ring (bicyclic) bond motifs is 2. The molecule has 4 rings (SSSR count). The first-order valence-electron chi connectivity index (χ1n) is 8.24. The molecule has 0 atom stereocenters. The van der Waals surface area contributed by atoms with E-state index in [1.807, 2.05) is 0 Å². The number of aromatic amines is 1. The molecule has 1 aliphatic rings. The molecule has 2 aromatic heterocycles. The van der Waals surface area contributed by atoms with E-state index in [-0.39, 0.29) is 11.5 Å². The standard InChI is InChI=1S/C18H16N4O2S2/c1-2-8-22-16(24)11-7-6-10(9-13(11)20-18(22)25)15(23)21-17-19-12-4-3-5-14(12)26-17/h2,6-7,9H,1,3-5,8H2,(H,20,25)(H,19,21,23). The van der Waals surface area contributed by atoms with Crippen molar-refractivity contribution in [3.63, 3.8) is 0 Å². The zero-order chi connectivity index (χ0) is 18.3. The molecule has 0 saturated carbocycles. The predicted molar refractivity (Wildman–Crippen MR) is 106 cm³/mol. The largest absolute Gasteiger partial charge is 0.332 e. The monoisotopic (exact) mass is 384 g/mol. The highest BCUT2D eigenvalue weighted by atomic mass is 32.1. The highest BCUT2D eigenvalue weighted by Crippen LogP contribution is 2.30. The van der Waals surface area contributed by atoms with Crippen molar-refractivity contribution in [2.24, 2.45) is 0 Å². The van der Waals surface area contributed by atoms with Gasteiger partial charge in [0.2, 0.25) is 0 Å². The maximum absolute atomic E-state index is 12.5. The van der Waals surface area contributed by atoms with Crippen molar-refractivity contribution in [1.82, 2.24) is 14.5 Å². The molecule has 1 aliphatic carbocycles. The number of H-pyrrole nitrogens is 1. The first-order valence-corrected chi connectivity index (χ1v) is 9.47. The van der Waals surface area contributed by atoms with E-state index in [0.717, 1.165) is 25.0 Å². The fraction of sp³-hybridized carbons (Fsp3) is 0.222. The van der Waals surface area contributed by atoms with E-state index in [1.165, 1.54) is 20.8 Å². The molecule has 1 aromatic carbocycles. The summed E-state index contributed by atoms with van der Waals surface area (Å²) in [5.41, 5.74) is 1.87. The summed E-state index contributed by atoms with van der Waals surface area (Å²) in [6, 6.07) is 4.91. The van der Waals surface area contributed by atoms with Crippen LogP contribution in [-0.2, 0) is 19.4 Å². The lowest BCUT2D eigenvalue weighted by molar-refractivity contribution is 0.102. The van der Waals surface area contributed by atoms with Gasteiger partial charge < -0.3 is 4.98 Å². The minimum absolute atomic E-state index is 0.202. The van der Waals surface area contributed by atoms with E-state index in [2.05, 4.69) is 21.9 Å². The predicted octanol–water partition coefficient (Wildman–Crippen LogP) is 3.44. The summed E-state index contributed by atoms with van der Waals surface area (Å²) < 4.78 is 1.73. The molecule has 6 nitrogen and oxygen atoms in total. The lowest BCUT2D eigenvalue weighted by atomic mass is 10.1. The van der Waals surface area contributed by atoms with Crippen LogP contribution in [0.3, 0.4) is 0 Å². The van der Waals surface area contributed by atoms with Gasteiger partial charge >= 0.3 is 0 Å². The van der Waals surface area contributed by atoms with Gasteiger partial charge in [-0.2, -0.15) is 0 Å². The van der Waals surface area contributed by atoms with Crippen LogP contribution in [0.5, 0.6) is 0 Å². The lowest BCUT2D eigenvalue weighted by Crippen LogP contribution is -2.22. The van der Waals surface area contributed by atoms with Gasteiger partial charge in [-0.25, -0.2) is 4.98 Å². The molecule has 8 heteroatoms. The molecule has 0 spiro atoms. The number of nitrogens with zero attached hydrogens (tertiary/aromatic N) is 2. The number of thiazole rings is 1. The van der Waals surface area contributed by atoms with Crippen molar-refractivity contribution in [3.8, 4) is 0 Å². The molecule has 0 fully saturated rings. The summed E-state index contributed by atoms with van der Waals surface area (Å²) in [6.07, 6.45) is 4.76. The lowest BCUT2D eigenvalue weighted by Gasteiger charge is -2.07. The van der Waals surface area contributed by atoms with Crippen LogP contribution in [0, 0.1) is 4.77 Å². The van der Waals surface area contributed by atoms with Crippen LogP contribution in [0.15, 0.2) is 35.6 Å². The van der Waals surface area contributed by atoms with E-state index in [4.69, 9.17) is 12.2 Å². The van der Waals surface area contributed by atoms with Crippen LogP contribution < -0.4 is 10.9 Å². The zero-order valence-electron chi connectivity index (χ0n) is 13.9. The summed E-state index contributed by atoms with van der Waals surface area (Å²) in [7, 11) is 0. The molecular weight excluding hydrogens is 368 g/mol. The maximum atomic E-state index is 12.5. The van der Waals surface area contributed by atoms with Crippen LogP contribution >= 0.6 is 23.6 Å². The van der Waals surface area contributed by atoms with Crippen LogP contribution in [-0.4, -0.2) is 20.4 Å². The number of carbonyl (C=O) groups excluding carboxylic acids is 1. The van der Waals surface area contributed by atoms with Crippen molar-refractivity contribution in [2.45, 2.75) is 25.8 Å². The Kier molecular flexibility index (Phi) is 4.29. The minimum Gasteiger partial charge on any atom is -0.332 e. The van der Waals surface area contributed by atoms with Crippen molar-refractivity contribution >= 4 is 45.5 Å². The van der Waals surface area contributed by atoms with Gasteiger partial charge in [-0.15, -0.1) is 17.9 Å². The van der Waals surface area contributed by atoms with E-state index < -0.39 is 0 Å². The van der Waals surface area contributed by atoms with Gasteiger partial charge in [0, 0.05) is 17.0 Å².